The lowest BCUT2D eigenvalue weighted by molar-refractivity contribution is 0.621. The highest BCUT2D eigenvalue weighted by Crippen LogP contribution is 2.31. The number of para-hydroxylation sites is 1. The number of fused-ring (bicyclic) bond motifs is 1. The summed E-state index contributed by atoms with van der Waals surface area (Å²) in [6.45, 7) is 0. The quantitative estimate of drug-likeness (QED) is 0.541. The number of benzene rings is 3. The molecule has 0 aliphatic rings. The summed E-state index contributed by atoms with van der Waals surface area (Å²) in [7, 11) is 3.99. The molecule has 134 valence electrons. The molecule has 0 atom stereocenters. The summed E-state index contributed by atoms with van der Waals surface area (Å²) in [5, 5.41) is 3.83. The van der Waals surface area contributed by atoms with Crippen molar-refractivity contribution in [2.45, 2.75) is 0 Å². The molecule has 0 aliphatic heterocycles. The molecule has 0 aliphatic carbocycles. The van der Waals surface area contributed by atoms with Crippen molar-refractivity contribution >= 4 is 28.0 Å². The predicted molar refractivity (Wildman–Crippen MR) is 112 cm³/mol. The van der Waals surface area contributed by atoms with Crippen LogP contribution in [0.2, 0.25) is 0 Å². The van der Waals surface area contributed by atoms with Gasteiger partial charge in [0.15, 0.2) is 5.76 Å². The van der Waals surface area contributed by atoms with Gasteiger partial charge in [-0.05, 0) is 36.4 Å². The number of anilines is 3. The van der Waals surface area contributed by atoms with Crippen LogP contribution in [-0.4, -0.2) is 14.1 Å². The van der Waals surface area contributed by atoms with Crippen molar-refractivity contribution in [2.24, 2.45) is 0 Å². The van der Waals surface area contributed by atoms with Crippen molar-refractivity contribution in [1.29, 1.82) is 0 Å². The van der Waals surface area contributed by atoms with E-state index in [1.165, 1.54) is 0 Å². The minimum Gasteiger partial charge on any atom is -0.454 e. The van der Waals surface area contributed by atoms with Gasteiger partial charge < -0.3 is 14.6 Å². The molecule has 0 unspecified atom stereocenters. The maximum atomic E-state index is 13.2. The van der Waals surface area contributed by atoms with E-state index in [1.807, 2.05) is 91.8 Å². The first-order valence-electron chi connectivity index (χ1n) is 8.79. The summed E-state index contributed by atoms with van der Waals surface area (Å²) in [6.07, 6.45) is 0. The zero-order chi connectivity index (χ0) is 18.8. The van der Waals surface area contributed by atoms with Gasteiger partial charge in [0.2, 0.25) is 5.43 Å². The average molecular weight is 356 g/mol. The molecule has 3 aromatic carbocycles. The molecule has 1 heterocycles. The predicted octanol–water partition coefficient (Wildman–Crippen LogP) is 5.27. The van der Waals surface area contributed by atoms with E-state index in [0.717, 1.165) is 16.9 Å². The monoisotopic (exact) mass is 356 g/mol. The Morgan fingerprint density at radius 1 is 0.815 bits per heavy atom. The molecule has 1 aromatic heterocycles. The first-order valence-corrected chi connectivity index (χ1v) is 8.79. The van der Waals surface area contributed by atoms with E-state index in [0.29, 0.717) is 22.4 Å². The summed E-state index contributed by atoms with van der Waals surface area (Å²) >= 11 is 0. The first kappa shape index (κ1) is 16.9. The first-order chi connectivity index (χ1) is 13.1. The van der Waals surface area contributed by atoms with Crippen molar-refractivity contribution in [1.82, 2.24) is 0 Å². The molecule has 0 radical (unpaired) electrons. The molecule has 0 saturated carbocycles. The van der Waals surface area contributed by atoms with Gasteiger partial charge in [-0.3, -0.25) is 4.79 Å². The normalized spacial score (nSPS) is 10.7. The van der Waals surface area contributed by atoms with Crippen molar-refractivity contribution in [3.8, 4) is 11.3 Å². The fourth-order valence-corrected chi connectivity index (χ4v) is 3.04. The van der Waals surface area contributed by atoms with E-state index in [1.54, 1.807) is 6.07 Å². The number of nitrogens with one attached hydrogen (secondary N) is 1. The second kappa shape index (κ2) is 7.00. The van der Waals surface area contributed by atoms with Crippen LogP contribution in [0.15, 0.2) is 88.1 Å². The number of rotatable bonds is 4. The highest BCUT2D eigenvalue weighted by Gasteiger charge is 2.16. The van der Waals surface area contributed by atoms with Crippen molar-refractivity contribution in [3.05, 3.63) is 89.1 Å². The highest BCUT2D eigenvalue weighted by molar-refractivity contribution is 5.87. The van der Waals surface area contributed by atoms with Crippen LogP contribution in [0, 0.1) is 0 Å². The summed E-state index contributed by atoms with van der Waals surface area (Å²) in [5.41, 5.74) is 3.72. The second-order valence-corrected chi connectivity index (χ2v) is 6.56. The fourth-order valence-electron chi connectivity index (χ4n) is 3.04. The average Bonchev–Trinajstić information content (AvgIpc) is 2.71. The van der Waals surface area contributed by atoms with E-state index in [4.69, 9.17) is 4.42 Å². The standard InChI is InChI=1S/C23H20N2O2/c1-25(2)18-14-12-17(13-15-18)24-21-22(26)19-10-6-7-11-20(19)27-23(21)16-8-4-3-5-9-16/h3-15,24H,1-2H3. The third-order valence-corrected chi connectivity index (χ3v) is 4.49. The van der Waals surface area contributed by atoms with Crippen molar-refractivity contribution in [2.75, 3.05) is 24.3 Å². The molecule has 0 amide bonds. The Balaban J connectivity index is 1.87. The molecular weight excluding hydrogens is 336 g/mol. The Kier molecular flexibility index (Phi) is 4.38. The van der Waals surface area contributed by atoms with Crippen molar-refractivity contribution in [3.63, 3.8) is 0 Å². The van der Waals surface area contributed by atoms with Crippen molar-refractivity contribution < 1.29 is 4.42 Å². The van der Waals surface area contributed by atoms with E-state index in [9.17, 15) is 4.79 Å². The molecule has 27 heavy (non-hydrogen) atoms. The van der Waals surface area contributed by atoms with Gasteiger partial charge in [-0.1, -0.05) is 42.5 Å². The van der Waals surface area contributed by atoms with Crippen LogP contribution in [0.1, 0.15) is 0 Å². The molecule has 0 spiro atoms. The maximum Gasteiger partial charge on any atom is 0.216 e. The zero-order valence-corrected chi connectivity index (χ0v) is 15.3. The van der Waals surface area contributed by atoms with Gasteiger partial charge in [-0.15, -0.1) is 0 Å². The van der Waals surface area contributed by atoms with Gasteiger partial charge >= 0.3 is 0 Å². The molecule has 0 saturated heterocycles. The molecule has 4 rings (SSSR count). The van der Waals surface area contributed by atoms with Crippen LogP contribution >= 0.6 is 0 Å². The van der Waals surface area contributed by atoms with Crippen LogP contribution in [0.3, 0.4) is 0 Å². The summed E-state index contributed by atoms with van der Waals surface area (Å²) in [6, 6.07) is 24.9. The fraction of sp³-hybridized carbons (Fsp3) is 0.0870. The smallest absolute Gasteiger partial charge is 0.216 e. The lowest BCUT2D eigenvalue weighted by Crippen LogP contribution is -2.11. The molecule has 1 N–H and O–H groups in total. The molecule has 4 heteroatoms. The third-order valence-electron chi connectivity index (χ3n) is 4.49. The van der Waals surface area contributed by atoms with Crippen LogP contribution < -0.4 is 15.6 Å². The van der Waals surface area contributed by atoms with Crippen LogP contribution in [0.4, 0.5) is 17.1 Å². The Morgan fingerprint density at radius 2 is 1.48 bits per heavy atom. The van der Waals surface area contributed by atoms with Crippen LogP contribution in [-0.2, 0) is 0 Å². The summed E-state index contributed by atoms with van der Waals surface area (Å²) in [5.74, 6) is 0.538. The van der Waals surface area contributed by atoms with Gasteiger partial charge in [0, 0.05) is 31.0 Å². The molecule has 4 aromatic rings. The van der Waals surface area contributed by atoms with Gasteiger partial charge in [-0.2, -0.15) is 0 Å². The van der Waals surface area contributed by atoms with Gasteiger partial charge in [0.25, 0.3) is 0 Å². The van der Waals surface area contributed by atoms with Crippen LogP contribution in [0.25, 0.3) is 22.3 Å². The molecule has 0 bridgehead atoms. The van der Waals surface area contributed by atoms with Gasteiger partial charge in [-0.25, -0.2) is 0 Å². The minimum absolute atomic E-state index is 0.0765. The van der Waals surface area contributed by atoms with Gasteiger partial charge in [0.05, 0.1) is 5.39 Å². The molecule has 4 nitrogen and oxygen atoms in total. The minimum atomic E-state index is -0.0765. The van der Waals surface area contributed by atoms with E-state index in [-0.39, 0.29) is 5.43 Å². The Bertz CT molecular complexity index is 1130. The molecular formula is C23H20N2O2. The highest BCUT2D eigenvalue weighted by atomic mass is 16.3. The summed E-state index contributed by atoms with van der Waals surface area (Å²) in [4.78, 5) is 15.2. The number of hydrogen-bond donors (Lipinski definition) is 1. The Morgan fingerprint density at radius 3 is 2.19 bits per heavy atom. The third kappa shape index (κ3) is 3.29. The maximum absolute atomic E-state index is 13.2. The van der Waals surface area contributed by atoms with Gasteiger partial charge in [0.1, 0.15) is 11.3 Å². The summed E-state index contributed by atoms with van der Waals surface area (Å²) < 4.78 is 6.12. The number of hydrogen-bond acceptors (Lipinski definition) is 4. The largest absolute Gasteiger partial charge is 0.454 e. The lowest BCUT2D eigenvalue weighted by atomic mass is 10.1. The number of nitrogens with zero attached hydrogens (tertiary/aromatic N) is 1. The SMILES string of the molecule is CN(C)c1ccc(Nc2c(-c3ccccc3)oc3ccccc3c2=O)cc1. The van der Waals surface area contributed by atoms with Crippen LogP contribution in [0.5, 0.6) is 0 Å². The topological polar surface area (TPSA) is 45.5 Å². The van der Waals surface area contributed by atoms with E-state index < -0.39 is 0 Å². The molecule has 0 fully saturated rings. The van der Waals surface area contributed by atoms with E-state index in [2.05, 4.69) is 5.32 Å². The zero-order valence-electron chi connectivity index (χ0n) is 15.3. The second-order valence-electron chi connectivity index (χ2n) is 6.56. The Hall–Kier alpha value is -3.53. The lowest BCUT2D eigenvalue weighted by Gasteiger charge is -2.15. The van der Waals surface area contributed by atoms with E-state index >= 15 is 0 Å². The Labute approximate surface area is 157 Å².